The Bertz CT molecular complexity index is 718. The molecule has 0 unspecified atom stereocenters. The Hall–Kier alpha value is -2.57. The van der Waals surface area contributed by atoms with E-state index < -0.39 is 0 Å². The zero-order valence-electron chi connectivity index (χ0n) is 11.5. The van der Waals surface area contributed by atoms with Crippen molar-refractivity contribution < 1.29 is 9.53 Å². The van der Waals surface area contributed by atoms with Gasteiger partial charge in [-0.1, -0.05) is 0 Å². The molecular formula is C14H15N5O2. The van der Waals surface area contributed by atoms with Gasteiger partial charge in [0.05, 0.1) is 0 Å². The van der Waals surface area contributed by atoms with Crippen molar-refractivity contribution in [1.29, 1.82) is 0 Å². The molecule has 7 nitrogen and oxygen atoms in total. The number of nitrogen functional groups attached to an aromatic ring is 1. The van der Waals surface area contributed by atoms with Crippen LogP contribution in [0.2, 0.25) is 0 Å². The lowest BCUT2D eigenvalue weighted by Crippen LogP contribution is -2.28. The average Bonchev–Trinajstić information content (AvgIpc) is 3.15. The summed E-state index contributed by atoms with van der Waals surface area (Å²) < 4.78 is 7.31. The Morgan fingerprint density at radius 3 is 2.95 bits per heavy atom. The van der Waals surface area contributed by atoms with E-state index in [2.05, 4.69) is 9.97 Å². The number of carbonyl (C=O) groups is 1. The molecule has 1 saturated heterocycles. The first-order valence-corrected chi connectivity index (χ1v) is 7.00. The number of likely N-dealkylation sites (tertiary alicyclic amines) is 1. The van der Waals surface area contributed by atoms with E-state index in [-0.39, 0.29) is 12.5 Å². The monoisotopic (exact) mass is 285 g/mol. The normalized spacial score (nSPS) is 16.3. The zero-order valence-corrected chi connectivity index (χ0v) is 11.5. The van der Waals surface area contributed by atoms with Crippen LogP contribution in [0.4, 0.5) is 5.82 Å². The molecule has 2 aromatic heterocycles. The van der Waals surface area contributed by atoms with Crippen LogP contribution in [-0.2, 0) is 6.61 Å². The molecule has 0 aliphatic carbocycles. The van der Waals surface area contributed by atoms with Gasteiger partial charge in [-0.05, 0) is 25.0 Å². The van der Waals surface area contributed by atoms with Crippen molar-refractivity contribution in [3.8, 4) is 11.6 Å². The van der Waals surface area contributed by atoms with Crippen LogP contribution in [0.5, 0.6) is 5.75 Å². The van der Waals surface area contributed by atoms with Gasteiger partial charge in [-0.2, -0.15) is 0 Å². The third-order valence-corrected chi connectivity index (χ3v) is 3.90. The maximum Gasteiger partial charge on any atom is 0.276 e. The van der Waals surface area contributed by atoms with Crippen molar-refractivity contribution in [2.45, 2.75) is 19.4 Å². The van der Waals surface area contributed by atoms with Gasteiger partial charge in [0, 0.05) is 19.3 Å². The number of hydrogen-bond acceptors (Lipinski definition) is 5. The van der Waals surface area contributed by atoms with Crippen molar-refractivity contribution in [1.82, 2.24) is 19.4 Å². The number of amides is 1. The number of aromatic nitrogens is 3. The Morgan fingerprint density at radius 1 is 1.33 bits per heavy atom. The first kappa shape index (κ1) is 12.2. The average molecular weight is 285 g/mol. The minimum Gasteiger partial charge on any atom is -0.482 e. The molecule has 2 aliphatic heterocycles. The van der Waals surface area contributed by atoms with Crippen LogP contribution < -0.4 is 10.5 Å². The lowest BCUT2D eigenvalue weighted by Gasteiger charge is -2.18. The lowest BCUT2D eigenvalue weighted by atomic mass is 10.3. The maximum atomic E-state index is 12.5. The summed E-state index contributed by atoms with van der Waals surface area (Å²) >= 11 is 0. The van der Waals surface area contributed by atoms with E-state index in [1.54, 1.807) is 21.7 Å². The first-order valence-electron chi connectivity index (χ1n) is 7.00. The number of ether oxygens (including phenoxy) is 1. The molecule has 0 aromatic carbocycles. The van der Waals surface area contributed by atoms with E-state index in [9.17, 15) is 4.79 Å². The number of carbonyl (C=O) groups excluding carboxylic acids is 1. The second-order valence-corrected chi connectivity index (χ2v) is 5.21. The number of anilines is 1. The van der Waals surface area contributed by atoms with Crippen molar-refractivity contribution in [3.05, 3.63) is 29.8 Å². The SMILES string of the molecule is Nc1c(C(=O)N2CCCC2)nc2n1-c1ncccc1OC2. The highest BCUT2D eigenvalue weighted by molar-refractivity contribution is 5.97. The predicted octanol–water partition coefficient (Wildman–Crippen LogP) is 0.978. The van der Waals surface area contributed by atoms with E-state index in [4.69, 9.17) is 10.5 Å². The van der Waals surface area contributed by atoms with Crippen LogP contribution in [0, 0.1) is 0 Å². The van der Waals surface area contributed by atoms with E-state index >= 15 is 0 Å². The van der Waals surface area contributed by atoms with Crippen LogP contribution >= 0.6 is 0 Å². The zero-order chi connectivity index (χ0) is 14.4. The quantitative estimate of drug-likeness (QED) is 0.844. The van der Waals surface area contributed by atoms with Crippen LogP contribution in [0.25, 0.3) is 5.82 Å². The van der Waals surface area contributed by atoms with Crippen molar-refractivity contribution in [2.75, 3.05) is 18.8 Å². The molecule has 4 heterocycles. The fourth-order valence-electron chi connectivity index (χ4n) is 2.85. The van der Waals surface area contributed by atoms with E-state index in [0.717, 1.165) is 25.9 Å². The van der Waals surface area contributed by atoms with E-state index in [0.29, 0.717) is 28.9 Å². The molecule has 1 amide bonds. The second-order valence-electron chi connectivity index (χ2n) is 5.21. The van der Waals surface area contributed by atoms with Gasteiger partial charge in [0.2, 0.25) is 0 Å². The number of pyridine rings is 1. The van der Waals surface area contributed by atoms with Crippen molar-refractivity contribution in [2.24, 2.45) is 0 Å². The van der Waals surface area contributed by atoms with E-state index in [1.807, 2.05) is 6.07 Å². The summed E-state index contributed by atoms with van der Waals surface area (Å²) in [5.74, 6) is 2.08. The molecule has 1 fully saturated rings. The molecule has 2 N–H and O–H groups in total. The molecular weight excluding hydrogens is 270 g/mol. The van der Waals surface area contributed by atoms with Crippen molar-refractivity contribution in [3.63, 3.8) is 0 Å². The third-order valence-electron chi connectivity index (χ3n) is 3.90. The summed E-state index contributed by atoms with van der Waals surface area (Å²) in [7, 11) is 0. The number of nitrogens with two attached hydrogens (primary N) is 1. The molecule has 0 radical (unpaired) electrons. The minimum atomic E-state index is -0.107. The molecule has 0 atom stereocenters. The number of fused-ring (bicyclic) bond motifs is 3. The number of hydrogen-bond donors (Lipinski definition) is 1. The molecule has 21 heavy (non-hydrogen) atoms. The fraction of sp³-hybridized carbons (Fsp3) is 0.357. The van der Waals surface area contributed by atoms with Crippen LogP contribution in [0.3, 0.4) is 0 Å². The number of nitrogens with zero attached hydrogens (tertiary/aromatic N) is 4. The van der Waals surface area contributed by atoms with Gasteiger partial charge in [-0.25, -0.2) is 9.97 Å². The highest BCUT2D eigenvalue weighted by Gasteiger charge is 2.30. The lowest BCUT2D eigenvalue weighted by molar-refractivity contribution is 0.0788. The first-order chi connectivity index (χ1) is 10.3. The Labute approximate surface area is 121 Å². The molecule has 0 spiro atoms. The molecule has 2 aromatic rings. The Morgan fingerprint density at radius 2 is 2.14 bits per heavy atom. The highest BCUT2D eigenvalue weighted by atomic mass is 16.5. The van der Waals surface area contributed by atoms with Crippen LogP contribution in [-0.4, -0.2) is 38.4 Å². The van der Waals surface area contributed by atoms with Crippen molar-refractivity contribution >= 4 is 11.7 Å². The molecule has 2 aliphatic rings. The van der Waals surface area contributed by atoms with Gasteiger partial charge in [0.1, 0.15) is 12.4 Å². The molecule has 7 heteroatoms. The summed E-state index contributed by atoms with van der Waals surface area (Å²) in [6, 6.07) is 3.62. The topological polar surface area (TPSA) is 86.3 Å². The largest absolute Gasteiger partial charge is 0.482 e. The second kappa shape index (κ2) is 4.47. The Kier molecular flexibility index (Phi) is 2.60. The summed E-state index contributed by atoms with van der Waals surface area (Å²) in [5, 5.41) is 0. The highest BCUT2D eigenvalue weighted by Crippen LogP contribution is 2.31. The van der Waals surface area contributed by atoms with Gasteiger partial charge < -0.3 is 15.4 Å². The summed E-state index contributed by atoms with van der Waals surface area (Å²) in [5.41, 5.74) is 6.46. The minimum absolute atomic E-state index is 0.107. The van der Waals surface area contributed by atoms with Gasteiger partial charge in [-0.15, -0.1) is 0 Å². The van der Waals surface area contributed by atoms with Crippen LogP contribution in [0.1, 0.15) is 29.2 Å². The third kappa shape index (κ3) is 1.77. The van der Waals surface area contributed by atoms with Crippen LogP contribution in [0.15, 0.2) is 18.3 Å². The smallest absolute Gasteiger partial charge is 0.276 e. The number of rotatable bonds is 1. The summed E-state index contributed by atoms with van der Waals surface area (Å²) in [6.45, 7) is 1.83. The molecule has 108 valence electrons. The summed E-state index contributed by atoms with van der Waals surface area (Å²) in [4.78, 5) is 23.0. The molecule has 0 bridgehead atoms. The van der Waals surface area contributed by atoms with E-state index in [1.165, 1.54) is 0 Å². The maximum absolute atomic E-state index is 12.5. The fourth-order valence-corrected chi connectivity index (χ4v) is 2.85. The standard InChI is InChI=1S/C14H15N5O2/c15-12-11(14(20)18-6-1-2-7-18)17-10-8-21-9-4-3-5-16-13(9)19(10)12/h3-5H,1-2,6-8,15H2. The molecule has 4 rings (SSSR count). The number of imidazole rings is 1. The van der Waals surface area contributed by atoms with Gasteiger partial charge in [0.15, 0.2) is 23.1 Å². The van der Waals surface area contributed by atoms with Gasteiger partial charge >= 0.3 is 0 Å². The summed E-state index contributed by atoms with van der Waals surface area (Å²) in [6.07, 6.45) is 3.73. The molecule has 0 saturated carbocycles. The van der Waals surface area contributed by atoms with Gasteiger partial charge in [-0.3, -0.25) is 9.36 Å². The Balaban J connectivity index is 1.80. The van der Waals surface area contributed by atoms with Gasteiger partial charge in [0.25, 0.3) is 5.91 Å². The predicted molar refractivity (Wildman–Crippen MR) is 75.2 cm³/mol.